The molecule has 0 heterocycles. The molecule has 2 aromatic rings. The molecular formula is C13H9ClF2N2O. The molecule has 0 fully saturated rings. The number of hydrogen-bond donors (Lipinski definition) is 2. The summed E-state index contributed by atoms with van der Waals surface area (Å²) in [5.74, 6) is -1.83. The molecule has 0 spiro atoms. The maximum absolute atomic E-state index is 13.2. The molecule has 0 aliphatic heterocycles. The van der Waals surface area contributed by atoms with Crippen molar-refractivity contribution in [2.24, 2.45) is 0 Å². The summed E-state index contributed by atoms with van der Waals surface area (Å²) in [6.07, 6.45) is 0. The first kappa shape index (κ1) is 13.3. The van der Waals surface area contributed by atoms with E-state index in [4.69, 9.17) is 17.3 Å². The van der Waals surface area contributed by atoms with Crippen molar-refractivity contribution in [2.75, 3.05) is 11.1 Å². The van der Waals surface area contributed by atoms with Crippen LogP contribution < -0.4 is 11.1 Å². The lowest BCUT2D eigenvalue weighted by atomic mass is 10.2. The van der Waals surface area contributed by atoms with Gasteiger partial charge in [-0.3, -0.25) is 4.79 Å². The van der Waals surface area contributed by atoms with Crippen molar-refractivity contribution < 1.29 is 13.6 Å². The molecule has 0 bridgehead atoms. The van der Waals surface area contributed by atoms with Gasteiger partial charge in [-0.2, -0.15) is 0 Å². The van der Waals surface area contributed by atoms with Crippen molar-refractivity contribution in [1.82, 2.24) is 0 Å². The van der Waals surface area contributed by atoms with E-state index in [0.29, 0.717) is 0 Å². The highest BCUT2D eigenvalue weighted by Gasteiger charge is 2.14. The topological polar surface area (TPSA) is 55.1 Å². The molecule has 0 aliphatic carbocycles. The average molecular weight is 283 g/mol. The van der Waals surface area contributed by atoms with E-state index in [1.165, 1.54) is 18.2 Å². The molecular weight excluding hydrogens is 274 g/mol. The quantitative estimate of drug-likeness (QED) is 0.829. The van der Waals surface area contributed by atoms with Crippen molar-refractivity contribution in [3.8, 4) is 0 Å². The standard InChI is InChI=1S/C13H9ClF2N2O/c14-12-8(2-1-3-9(12)16)13(19)18-11-5-4-7(15)6-10(11)17/h1-6H,17H2,(H,18,19). The number of rotatable bonds is 2. The molecule has 19 heavy (non-hydrogen) atoms. The smallest absolute Gasteiger partial charge is 0.257 e. The van der Waals surface area contributed by atoms with Gasteiger partial charge in [0, 0.05) is 0 Å². The minimum absolute atomic E-state index is 0.0228. The third kappa shape index (κ3) is 2.82. The van der Waals surface area contributed by atoms with Crippen molar-refractivity contribution in [2.45, 2.75) is 0 Å². The third-order valence-electron chi connectivity index (χ3n) is 2.46. The number of nitrogen functional groups attached to an aromatic ring is 1. The van der Waals surface area contributed by atoms with Crippen LogP contribution in [0.5, 0.6) is 0 Å². The molecule has 1 amide bonds. The van der Waals surface area contributed by atoms with Gasteiger partial charge in [-0.15, -0.1) is 0 Å². The van der Waals surface area contributed by atoms with Crippen LogP contribution >= 0.6 is 11.6 Å². The zero-order valence-electron chi connectivity index (χ0n) is 9.58. The van der Waals surface area contributed by atoms with Crippen LogP contribution in [0.2, 0.25) is 5.02 Å². The van der Waals surface area contributed by atoms with Crippen LogP contribution in [0.1, 0.15) is 10.4 Å². The number of halogens is 3. The van der Waals surface area contributed by atoms with E-state index in [1.54, 1.807) is 0 Å². The van der Waals surface area contributed by atoms with E-state index in [0.717, 1.165) is 18.2 Å². The second-order valence-corrected chi connectivity index (χ2v) is 4.17. The van der Waals surface area contributed by atoms with E-state index < -0.39 is 17.5 Å². The molecule has 0 atom stereocenters. The fourth-order valence-electron chi connectivity index (χ4n) is 1.52. The number of anilines is 2. The lowest BCUT2D eigenvalue weighted by molar-refractivity contribution is 0.102. The van der Waals surface area contributed by atoms with Gasteiger partial charge in [-0.25, -0.2) is 8.78 Å². The van der Waals surface area contributed by atoms with Crippen LogP contribution in [0.15, 0.2) is 36.4 Å². The molecule has 0 saturated heterocycles. The largest absolute Gasteiger partial charge is 0.397 e. The normalized spacial score (nSPS) is 10.3. The molecule has 3 nitrogen and oxygen atoms in total. The van der Waals surface area contributed by atoms with Gasteiger partial charge in [0.2, 0.25) is 0 Å². The highest BCUT2D eigenvalue weighted by Crippen LogP contribution is 2.23. The van der Waals surface area contributed by atoms with Crippen molar-refractivity contribution in [1.29, 1.82) is 0 Å². The highest BCUT2D eigenvalue weighted by molar-refractivity contribution is 6.34. The Morgan fingerprint density at radius 2 is 1.95 bits per heavy atom. The summed E-state index contributed by atoms with van der Waals surface area (Å²) in [6, 6.07) is 7.42. The van der Waals surface area contributed by atoms with E-state index in [-0.39, 0.29) is 22.0 Å². The van der Waals surface area contributed by atoms with Crippen LogP contribution in [0.4, 0.5) is 20.2 Å². The number of nitrogens with one attached hydrogen (secondary N) is 1. The van der Waals surface area contributed by atoms with E-state index >= 15 is 0 Å². The Balaban J connectivity index is 2.28. The Bertz CT molecular complexity index is 647. The van der Waals surface area contributed by atoms with Crippen LogP contribution in [0.25, 0.3) is 0 Å². The average Bonchev–Trinajstić information content (AvgIpc) is 2.36. The summed E-state index contributed by atoms with van der Waals surface area (Å²) >= 11 is 5.69. The Morgan fingerprint density at radius 3 is 2.63 bits per heavy atom. The van der Waals surface area contributed by atoms with Crippen molar-refractivity contribution in [3.05, 3.63) is 58.6 Å². The molecule has 0 radical (unpaired) electrons. The predicted molar refractivity (Wildman–Crippen MR) is 70.2 cm³/mol. The van der Waals surface area contributed by atoms with E-state index in [9.17, 15) is 13.6 Å². The number of nitrogens with two attached hydrogens (primary N) is 1. The Hall–Kier alpha value is -2.14. The van der Waals surface area contributed by atoms with Gasteiger partial charge < -0.3 is 11.1 Å². The first-order valence-corrected chi connectivity index (χ1v) is 5.67. The predicted octanol–water partition coefficient (Wildman–Crippen LogP) is 3.45. The van der Waals surface area contributed by atoms with Crippen LogP contribution in [-0.2, 0) is 0 Å². The van der Waals surface area contributed by atoms with Crippen LogP contribution in [-0.4, -0.2) is 5.91 Å². The zero-order valence-corrected chi connectivity index (χ0v) is 10.3. The Morgan fingerprint density at radius 1 is 1.21 bits per heavy atom. The fraction of sp³-hybridized carbons (Fsp3) is 0. The molecule has 0 saturated carbocycles. The molecule has 2 aromatic carbocycles. The maximum atomic E-state index is 13.2. The van der Waals surface area contributed by atoms with Gasteiger partial charge >= 0.3 is 0 Å². The van der Waals surface area contributed by atoms with Crippen LogP contribution in [0.3, 0.4) is 0 Å². The SMILES string of the molecule is Nc1cc(F)ccc1NC(=O)c1cccc(F)c1Cl. The lowest BCUT2D eigenvalue weighted by Gasteiger charge is -2.09. The van der Waals surface area contributed by atoms with Gasteiger partial charge in [-0.05, 0) is 30.3 Å². The molecule has 6 heteroatoms. The zero-order chi connectivity index (χ0) is 14.0. The molecule has 0 aromatic heterocycles. The third-order valence-corrected chi connectivity index (χ3v) is 2.84. The van der Waals surface area contributed by atoms with E-state index in [1.807, 2.05) is 0 Å². The number of carbonyl (C=O) groups is 1. The summed E-state index contributed by atoms with van der Waals surface area (Å²) in [5, 5.41) is 2.16. The van der Waals surface area contributed by atoms with Gasteiger partial charge in [-0.1, -0.05) is 17.7 Å². The summed E-state index contributed by atoms with van der Waals surface area (Å²) in [6.45, 7) is 0. The fourth-order valence-corrected chi connectivity index (χ4v) is 1.73. The first-order chi connectivity index (χ1) is 8.99. The second kappa shape index (κ2) is 5.24. The molecule has 2 rings (SSSR count). The van der Waals surface area contributed by atoms with Gasteiger partial charge in [0.15, 0.2) is 0 Å². The van der Waals surface area contributed by atoms with Crippen molar-refractivity contribution >= 4 is 28.9 Å². The van der Waals surface area contributed by atoms with Gasteiger partial charge in [0.1, 0.15) is 11.6 Å². The lowest BCUT2D eigenvalue weighted by Crippen LogP contribution is -2.14. The highest BCUT2D eigenvalue weighted by atomic mass is 35.5. The number of benzene rings is 2. The number of amides is 1. The van der Waals surface area contributed by atoms with Crippen molar-refractivity contribution in [3.63, 3.8) is 0 Å². The van der Waals surface area contributed by atoms with Gasteiger partial charge in [0.25, 0.3) is 5.91 Å². The van der Waals surface area contributed by atoms with Crippen LogP contribution in [0, 0.1) is 11.6 Å². The maximum Gasteiger partial charge on any atom is 0.257 e. The summed E-state index contributed by atoms with van der Waals surface area (Å²) in [5.41, 5.74) is 5.83. The Kier molecular flexibility index (Phi) is 3.66. The minimum Gasteiger partial charge on any atom is -0.397 e. The second-order valence-electron chi connectivity index (χ2n) is 3.79. The van der Waals surface area contributed by atoms with E-state index in [2.05, 4.69) is 5.32 Å². The summed E-state index contributed by atoms with van der Waals surface area (Å²) < 4.78 is 26.1. The van der Waals surface area contributed by atoms with Gasteiger partial charge in [0.05, 0.1) is 22.0 Å². The Labute approximate surface area is 113 Å². The first-order valence-electron chi connectivity index (χ1n) is 5.29. The monoisotopic (exact) mass is 282 g/mol. The molecule has 0 aliphatic rings. The molecule has 0 unspecified atom stereocenters. The number of hydrogen-bond acceptors (Lipinski definition) is 2. The number of carbonyl (C=O) groups excluding carboxylic acids is 1. The molecule has 3 N–H and O–H groups in total. The minimum atomic E-state index is -0.693. The summed E-state index contributed by atoms with van der Waals surface area (Å²) in [4.78, 5) is 11.9. The molecule has 98 valence electrons. The summed E-state index contributed by atoms with van der Waals surface area (Å²) in [7, 11) is 0.